The van der Waals surface area contributed by atoms with Gasteiger partial charge < -0.3 is 0 Å². The monoisotopic (exact) mass is 190 g/mol. The van der Waals surface area contributed by atoms with Crippen LogP contribution >= 0.6 is 0 Å². The summed E-state index contributed by atoms with van der Waals surface area (Å²) in [4.78, 5) is 8.35. The molecular formula is C11H11FN2. The van der Waals surface area contributed by atoms with Gasteiger partial charge in [-0.3, -0.25) is 4.98 Å². The fraction of sp³-hybridized carbons (Fsp3) is 0.273. The highest BCUT2D eigenvalue weighted by molar-refractivity contribution is 5.73. The molecule has 1 aromatic heterocycles. The number of alkyl halides is 1. The minimum atomic E-state index is -1.43. The minimum Gasteiger partial charge on any atom is -0.253 e. The summed E-state index contributed by atoms with van der Waals surface area (Å²) < 4.78 is 13.5. The fourth-order valence-corrected chi connectivity index (χ4v) is 1.24. The lowest BCUT2D eigenvalue weighted by atomic mass is 10.1. The van der Waals surface area contributed by atoms with Gasteiger partial charge >= 0.3 is 0 Å². The quantitative estimate of drug-likeness (QED) is 0.691. The smallest absolute Gasteiger partial charge is 0.148 e. The summed E-state index contributed by atoms with van der Waals surface area (Å²) in [7, 11) is 0. The number of para-hydroxylation sites is 2. The molecule has 0 N–H and O–H groups in total. The summed E-state index contributed by atoms with van der Waals surface area (Å²) >= 11 is 0. The van der Waals surface area contributed by atoms with Gasteiger partial charge in [0.2, 0.25) is 0 Å². The van der Waals surface area contributed by atoms with E-state index < -0.39 is 5.67 Å². The molecule has 14 heavy (non-hydrogen) atoms. The molecule has 0 aliphatic rings. The van der Waals surface area contributed by atoms with Crippen LogP contribution < -0.4 is 0 Å². The SMILES string of the molecule is CC(C)(F)c1cnc2ccccc2n1. The number of nitrogens with zero attached hydrogens (tertiary/aromatic N) is 2. The van der Waals surface area contributed by atoms with Crippen molar-refractivity contribution in [3.8, 4) is 0 Å². The van der Waals surface area contributed by atoms with Gasteiger partial charge in [-0.1, -0.05) is 12.1 Å². The van der Waals surface area contributed by atoms with E-state index in [1.165, 1.54) is 20.0 Å². The van der Waals surface area contributed by atoms with Gasteiger partial charge in [0.25, 0.3) is 0 Å². The van der Waals surface area contributed by atoms with Crippen LogP contribution in [0.4, 0.5) is 4.39 Å². The molecule has 0 amide bonds. The normalized spacial score (nSPS) is 11.9. The second-order valence-electron chi connectivity index (χ2n) is 3.72. The van der Waals surface area contributed by atoms with Crippen LogP contribution in [0, 0.1) is 0 Å². The Morgan fingerprint density at radius 2 is 1.79 bits per heavy atom. The van der Waals surface area contributed by atoms with Gasteiger partial charge in [0, 0.05) is 0 Å². The zero-order valence-corrected chi connectivity index (χ0v) is 8.16. The molecule has 72 valence electrons. The molecule has 0 spiro atoms. The van der Waals surface area contributed by atoms with E-state index in [9.17, 15) is 4.39 Å². The summed E-state index contributed by atoms with van der Waals surface area (Å²) in [5.41, 5.74) is 0.462. The van der Waals surface area contributed by atoms with Crippen molar-refractivity contribution in [3.05, 3.63) is 36.2 Å². The molecular weight excluding hydrogens is 179 g/mol. The number of hydrogen-bond donors (Lipinski definition) is 0. The van der Waals surface area contributed by atoms with Crippen molar-refractivity contribution in [2.45, 2.75) is 19.5 Å². The molecule has 0 saturated carbocycles. The summed E-state index contributed by atoms with van der Waals surface area (Å²) in [5.74, 6) is 0. The Kier molecular flexibility index (Phi) is 1.95. The minimum absolute atomic E-state index is 0.371. The van der Waals surface area contributed by atoms with Gasteiger partial charge in [0.15, 0.2) is 0 Å². The van der Waals surface area contributed by atoms with Gasteiger partial charge in [0.05, 0.1) is 22.9 Å². The predicted molar refractivity (Wildman–Crippen MR) is 53.7 cm³/mol. The molecule has 2 aromatic rings. The van der Waals surface area contributed by atoms with Crippen LogP contribution in [0.1, 0.15) is 19.5 Å². The number of benzene rings is 1. The van der Waals surface area contributed by atoms with Crippen LogP contribution in [0.5, 0.6) is 0 Å². The molecule has 0 aliphatic carbocycles. The van der Waals surface area contributed by atoms with E-state index in [4.69, 9.17) is 0 Å². The number of fused-ring (bicyclic) bond motifs is 1. The van der Waals surface area contributed by atoms with Crippen molar-refractivity contribution in [2.75, 3.05) is 0 Å². The van der Waals surface area contributed by atoms with Gasteiger partial charge in [-0.2, -0.15) is 0 Å². The maximum atomic E-state index is 13.5. The molecule has 3 heteroatoms. The molecule has 0 fully saturated rings. The van der Waals surface area contributed by atoms with E-state index in [1.807, 2.05) is 24.3 Å². The largest absolute Gasteiger partial charge is 0.253 e. The number of rotatable bonds is 1. The first-order chi connectivity index (χ1) is 6.57. The Bertz CT molecular complexity index is 460. The van der Waals surface area contributed by atoms with E-state index >= 15 is 0 Å². The average molecular weight is 190 g/mol. The third kappa shape index (κ3) is 1.58. The van der Waals surface area contributed by atoms with Crippen LogP contribution in [0.25, 0.3) is 11.0 Å². The van der Waals surface area contributed by atoms with Crippen molar-refractivity contribution < 1.29 is 4.39 Å². The molecule has 0 aliphatic heterocycles. The number of aromatic nitrogens is 2. The van der Waals surface area contributed by atoms with Crippen LogP contribution in [0.3, 0.4) is 0 Å². The number of hydrogen-bond acceptors (Lipinski definition) is 2. The van der Waals surface area contributed by atoms with Crippen LogP contribution in [-0.4, -0.2) is 9.97 Å². The highest BCUT2D eigenvalue weighted by Gasteiger charge is 2.20. The maximum Gasteiger partial charge on any atom is 0.148 e. The lowest BCUT2D eigenvalue weighted by Gasteiger charge is -2.12. The third-order valence-electron chi connectivity index (χ3n) is 2.06. The van der Waals surface area contributed by atoms with Crippen molar-refractivity contribution in [1.29, 1.82) is 0 Å². The maximum absolute atomic E-state index is 13.5. The summed E-state index contributed by atoms with van der Waals surface area (Å²) in [6.07, 6.45) is 1.49. The highest BCUT2D eigenvalue weighted by Crippen LogP contribution is 2.23. The summed E-state index contributed by atoms with van der Waals surface area (Å²) in [6, 6.07) is 7.44. The lowest BCUT2D eigenvalue weighted by Crippen LogP contribution is -2.11. The third-order valence-corrected chi connectivity index (χ3v) is 2.06. The zero-order valence-electron chi connectivity index (χ0n) is 8.16. The topological polar surface area (TPSA) is 25.8 Å². The zero-order chi connectivity index (χ0) is 10.2. The van der Waals surface area contributed by atoms with Crippen LogP contribution in [-0.2, 0) is 5.67 Å². The molecule has 0 bridgehead atoms. The van der Waals surface area contributed by atoms with Gasteiger partial charge in [-0.25, -0.2) is 9.37 Å². The first-order valence-electron chi connectivity index (χ1n) is 4.48. The Labute approximate surface area is 81.8 Å². The van der Waals surface area contributed by atoms with Crippen molar-refractivity contribution in [3.63, 3.8) is 0 Å². The van der Waals surface area contributed by atoms with Gasteiger partial charge in [0.1, 0.15) is 5.67 Å². The Morgan fingerprint density at radius 3 is 2.43 bits per heavy atom. The van der Waals surface area contributed by atoms with E-state index in [-0.39, 0.29) is 0 Å². The molecule has 1 heterocycles. The van der Waals surface area contributed by atoms with E-state index in [0.717, 1.165) is 11.0 Å². The predicted octanol–water partition coefficient (Wildman–Crippen LogP) is 2.83. The molecule has 0 atom stereocenters. The van der Waals surface area contributed by atoms with Crippen LogP contribution in [0.15, 0.2) is 30.5 Å². The van der Waals surface area contributed by atoms with Gasteiger partial charge in [-0.15, -0.1) is 0 Å². The lowest BCUT2D eigenvalue weighted by molar-refractivity contribution is 0.214. The Hall–Kier alpha value is -1.51. The first kappa shape index (κ1) is 9.06. The summed E-state index contributed by atoms with van der Waals surface area (Å²) in [6.45, 7) is 2.96. The molecule has 2 rings (SSSR count). The second kappa shape index (κ2) is 3.01. The first-order valence-corrected chi connectivity index (χ1v) is 4.48. The van der Waals surface area contributed by atoms with Gasteiger partial charge in [-0.05, 0) is 26.0 Å². The van der Waals surface area contributed by atoms with Crippen molar-refractivity contribution >= 4 is 11.0 Å². The Balaban J connectivity index is 2.63. The molecule has 0 saturated heterocycles. The van der Waals surface area contributed by atoms with Crippen molar-refractivity contribution in [2.24, 2.45) is 0 Å². The number of halogens is 1. The fourth-order valence-electron chi connectivity index (χ4n) is 1.24. The highest BCUT2D eigenvalue weighted by atomic mass is 19.1. The molecule has 2 nitrogen and oxygen atoms in total. The molecule has 0 radical (unpaired) electrons. The average Bonchev–Trinajstić information content (AvgIpc) is 2.16. The molecule has 0 unspecified atom stereocenters. The van der Waals surface area contributed by atoms with Crippen molar-refractivity contribution in [1.82, 2.24) is 9.97 Å². The second-order valence-corrected chi connectivity index (χ2v) is 3.72. The van der Waals surface area contributed by atoms with E-state index in [0.29, 0.717) is 5.69 Å². The van der Waals surface area contributed by atoms with E-state index in [1.54, 1.807) is 0 Å². The van der Waals surface area contributed by atoms with Crippen LogP contribution in [0.2, 0.25) is 0 Å². The Morgan fingerprint density at radius 1 is 1.14 bits per heavy atom. The standard InChI is InChI=1S/C11H11FN2/c1-11(2,12)10-7-13-8-5-3-4-6-9(8)14-10/h3-7H,1-2H3. The molecule has 1 aromatic carbocycles. The summed E-state index contributed by atoms with van der Waals surface area (Å²) in [5, 5.41) is 0. The van der Waals surface area contributed by atoms with E-state index in [2.05, 4.69) is 9.97 Å².